The standard InChI is InChI=1S/C22H18FNO3/c23-18-7-3-1-5-16(18)21-11-9-15(27-21)10-12-22(25)24-19-13-14-26-20-8-4-2-6-17(19)20/h1-12,19H,13-14H2,(H,24,25)/b12-10+/t19-/m0/s1. The zero-order chi connectivity index (χ0) is 18.6. The number of halogens is 1. The molecule has 27 heavy (non-hydrogen) atoms. The Bertz CT molecular complexity index is 992. The molecule has 3 aromatic rings. The minimum Gasteiger partial charge on any atom is -0.493 e. The van der Waals surface area contributed by atoms with E-state index in [2.05, 4.69) is 5.32 Å². The van der Waals surface area contributed by atoms with Crippen LogP contribution < -0.4 is 10.1 Å². The number of amides is 1. The molecular formula is C22H18FNO3. The molecule has 0 bridgehead atoms. The van der Waals surface area contributed by atoms with Crippen LogP contribution >= 0.6 is 0 Å². The van der Waals surface area contributed by atoms with Crippen molar-refractivity contribution in [3.8, 4) is 17.1 Å². The maximum Gasteiger partial charge on any atom is 0.244 e. The molecule has 4 rings (SSSR count). The molecule has 1 amide bonds. The Kier molecular flexibility index (Phi) is 4.75. The van der Waals surface area contributed by atoms with Crippen LogP contribution in [0.4, 0.5) is 4.39 Å². The fraction of sp³-hybridized carbons (Fsp3) is 0.136. The van der Waals surface area contributed by atoms with E-state index in [0.29, 0.717) is 23.7 Å². The molecule has 4 nitrogen and oxygen atoms in total. The molecule has 1 aromatic heterocycles. The van der Waals surface area contributed by atoms with Crippen molar-refractivity contribution in [2.24, 2.45) is 0 Å². The lowest BCUT2D eigenvalue weighted by Gasteiger charge is -2.26. The van der Waals surface area contributed by atoms with E-state index < -0.39 is 0 Å². The molecule has 1 atom stereocenters. The van der Waals surface area contributed by atoms with E-state index in [9.17, 15) is 9.18 Å². The third-order valence-electron chi connectivity index (χ3n) is 4.44. The number of ether oxygens (including phenoxy) is 1. The van der Waals surface area contributed by atoms with E-state index in [1.165, 1.54) is 12.1 Å². The van der Waals surface area contributed by atoms with E-state index in [1.807, 2.05) is 24.3 Å². The Balaban J connectivity index is 1.44. The second kappa shape index (κ2) is 7.50. The first-order valence-corrected chi connectivity index (χ1v) is 8.76. The average molecular weight is 363 g/mol. The van der Waals surface area contributed by atoms with Gasteiger partial charge in [-0.05, 0) is 36.4 Å². The summed E-state index contributed by atoms with van der Waals surface area (Å²) in [6.45, 7) is 0.565. The number of hydrogen-bond acceptors (Lipinski definition) is 3. The molecule has 1 aliphatic heterocycles. The number of furan rings is 1. The molecule has 136 valence electrons. The normalized spacial score (nSPS) is 16.0. The van der Waals surface area contributed by atoms with Gasteiger partial charge in [-0.25, -0.2) is 4.39 Å². The van der Waals surface area contributed by atoms with Crippen LogP contribution in [0.25, 0.3) is 17.4 Å². The molecule has 2 heterocycles. The van der Waals surface area contributed by atoms with Gasteiger partial charge in [0.1, 0.15) is 23.1 Å². The van der Waals surface area contributed by atoms with Gasteiger partial charge in [-0.3, -0.25) is 4.79 Å². The summed E-state index contributed by atoms with van der Waals surface area (Å²) < 4.78 is 25.1. The molecule has 0 saturated heterocycles. The van der Waals surface area contributed by atoms with Crippen molar-refractivity contribution in [3.05, 3.63) is 83.9 Å². The summed E-state index contributed by atoms with van der Waals surface area (Å²) in [5.74, 6) is 1.14. The predicted octanol–water partition coefficient (Wildman–Crippen LogP) is 4.74. The number of benzene rings is 2. The summed E-state index contributed by atoms with van der Waals surface area (Å²) in [6, 6.07) is 17.4. The topological polar surface area (TPSA) is 51.5 Å². The molecular weight excluding hydrogens is 345 g/mol. The number of carbonyl (C=O) groups is 1. The van der Waals surface area contributed by atoms with Gasteiger partial charge in [0.25, 0.3) is 0 Å². The zero-order valence-electron chi connectivity index (χ0n) is 14.5. The molecule has 0 fully saturated rings. The van der Waals surface area contributed by atoms with Gasteiger partial charge < -0.3 is 14.5 Å². The van der Waals surface area contributed by atoms with Gasteiger partial charge in [-0.15, -0.1) is 0 Å². The van der Waals surface area contributed by atoms with Crippen LogP contribution in [0, 0.1) is 5.82 Å². The number of carbonyl (C=O) groups excluding carboxylic acids is 1. The van der Waals surface area contributed by atoms with Crippen molar-refractivity contribution in [2.45, 2.75) is 12.5 Å². The van der Waals surface area contributed by atoms with Gasteiger partial charge in [-0.1, -0.05) is 30.3 Å². The molecule has 1 aliphatic rings. The Hall–Kier alpha value is -3.34. The van der Waals surface area contributed by atoms with Crippen LogP contribution in [0.5, 0.6) is 5.75 Å². The Morgan fingerprint density at radius 1 is 1.07 bits per heavy atom. The Morgan fingerprint density at radius 2 is 1.89 bits per heavy atom. The lowest BCUT2D eigenvalue weighted by Crippen LogP contribution is -2.30. The van der Waals surface area contributed by atoms with E-state index in [0.717, 1.165) is 17.7 Å². The van der Waals surface area contributed by atoms with Crippen LogP contribution in [0.3, 0.4) is 0 Å². The van der Waals surface area contributed by atoms with Crippen LogP contribution in [0.15, 0.2) is 71.2 Å². The van der Waals surface area contributed by atoms with Gasteiger partial charge in [-0.2, -0.15) is 0 Å². The molecule has 2 aromatic carbocycles. The van der Waals surface area contributed by atoms with E-state index in [4.69, 9.17) is 9.15 Å². The van der Waals surface area contributed by atoms with E-state index in [1.54, 1.807) is 36.4 Å². The van der Waals surface area contributed by atoms with E-state index >= 15 is 0 Å². The highest BCUT2D eigenvalue weighted by Gasteiger charge is 2.21. The van der Waals surface area contributed by atoms with Crippen molar-refractivity contribution in [1.29, 1.82) is 0 Å². The molecule has 1 N–H and O–H groups in total. The molecule has 0 radical (unpaired) electrons. The fourth-order valence-corrected chi connectivity index (χ4v) is 3.12. The largest absolute Gasteiger partial charge is 0.493 e. The highest BCUT2D eigenvalue weighted by atomic mass is 19.1. The van der Waals surface area contributed by atoms with Crippen LogP contribution in [0.1, 0.15) is 23.8 Å². The summed E-state index contributed by atoms with van der Waals surface area (Å²) in [5, 5.41) is 2.99. The van der Waals surface area contributed by atoms with Crippen LogP contribution in [-0.2, 0) is 4.79 Å². The van der Waals surface area contributed by atoms with Gasteiger partial charge in [0.05, 0.1) is 18.2 Å². The highest BCUT2D eigenvalue weighted by Crippen LogP contribution is 2.31. The van der Waals surface area contributed by atoms with Gasteiger partial charge >= 0.3 is 0 Å². The van der Waals surface area contributed by atoms with Crippen molar-refractivity contribution < 1.29 is 18.3 Å². The van der Waals surface area contributed by atoms with E-state index in [-0.39, 0.29) is 17.8 Å². The minimum atomic E-state index is -0.349. The first-order valence-electron chi connectivity index (χ1n) is 8.76. The molecule has 0 saturated carbocycles. The smallest absolute Gasteiger partial charge is 0.244 e. The van der Waals surface area contributed by atoms with Crippen molar-refractivity contribution in [3.63, 3.8) is 0 Å². The maximum atomic E-state index is 13.8. The summed E-state index contributed by atoms with van der Waals surface area (Å²) in [5.41, 5.74) is 1.37. The lowest BCUT2D eigenvalue weighted by atomic mass is 10.0. The molecule has 5 heteroatoms. The second-order valence-corrected chi connectivity index (χ2v) is 6.25. The first kappa shape index (κ1) is 17.1. The molecule has 0 aliphatic carbocycles. The van der Waals surface area contributed by atoms with Crippen LogP contribution in [-0.4, -0.2) is 12.5 Å². The minimum absolute atomic E-state index is 0.0855. The lowest BCUT2D eigenvalue weighted by molar-refractivity contribution is -0.117. The Morgan fingerprint density at radius 3 is 2.78 bits per heavy atom. The summed E-state index contributed by atoms with van der Waals surface area (Å²) in [6.07, 6.45) is 3.71. The van der Waals surface area contributed by atoms with Crippen LogP contribution in [0.2, 0.25) is 0 Å². The maximum absolute atomic E-state index is 13.8. The van der Waals surface area contributed by atoms with Gasteiger partial charge in [0, 0.05) is 18.1 Å². The number of rotatable bonds is 4. The SMILES string of the molecule is O=C(/C=C/c1ccc(-c2ccccc2F)o1)N[C@H]1CCOc2ccccc21. The average Bonchev–Trinajstić information content (AvgIpc) is 3.16. The number of fused-ring (bicyclic) bond motifs is 1. The predicted molar refractivity (Wildman–Crippen MR) is 101 cm³/mol. The second-order valence-electron chi connectivity index (χ2n) is 6.25. The monoisotopic (exact) mass is 363 g/mol. The third-order valence-corrected chi connectivity index (χ3v) is 4.44. The zero-order valence-corrected chi connectivity index (χ0v) is 14.5. The number of para-hydroxylation sites is 1. The van der Waals surface area contributed by atoms with Crippen molar-refractivity contribution in [1.82, 2.24) is 5.32 Å². The van der Waals surface area contributed by atoms with Crippen molar-refractivity contribution in [2.75, 3.05) is 6.61 Å². The number of hydrogen-bond donors (Lipinski definition) is 1. The van der Waals surface area contributed by atoms with Gasteiger partial charge in [0.15, 0.2) is 0 Å². The summed E-state index contributed by atoms with van der Waals surface area (Å²) in [7, 11) is 0. The highest BCUT2D eigenvalue weighted by molar-refractivity contribution is 5.91. The van der Waals surface area contributed by atoms with Crippen molar-refractivity contribution >= 4 is 12.0 Å². The third kappa shape index (κ3) is 3.77. The summed E-state index contributed by atoms with van der Waals surface area (Å²) in [4.78, 5) is 12.3. The van der Waals surface area contributed by atoms with Gasteiger partial charge in [0.2, 0.25) is 5.91 Å². The summed E-state index contributed by atoms with van der Waals surface area (Å²) >= 11 is 0. The Labute approximate surface area is 156 Å². The first-order chi connectivity index (χ1) is 13.2. The number of nitrogens with one attached hydrogen (secondary N) is 1. The molecule has 0 spiro atoms. The fourth-order valence-electron chi connectivity index (χ4n) is 3.12. The quantitative estimate of drug-likeness (QED) is 0.681. The molecule has 0 unspecified atom stereocenters.